The number of hydrogen-bond acceptors (Lipinski definition) is 7. The highest BCUT2D eigenvalue weighted by molar-refractivity contribution is 8.16. The first-order chi connectivity index (χ1) is 11.8. The van der Waals surface area contributed by atoms with Crippen LogP contribution < -0.4 is 15.7 Å². The number of thioether (sulfide) groups is 1. The SMILES string of the molecule is CCC[C@H](NC(=O)[C@]1(C)CSC(C(C)=O)=N1)c1cc(OC)cc(=O)o1. The number of aliphatic imine (C=N–C) groups is 1. The summed E-state index contributed by atoms with van der Waals surface area (Å²) in [7, 11) is 1.46. The first kappa shape index (κ1) is 19.2. The highest BCUT2D eigenvalue weighted by Crippen LogP contribution is 2.30. The van der Waals surface area contributed by atoms with Gasteiger partial charge in [-0.05, 0) is 13.3 Å². The van der Waals surface area contributed by atoms with E-state index in [-0.39, 0.29) is 11.7 Å². The van der Waals surface area contributed by atoms with Crippen LogP contribution in [0.3, 0.4) is 0 Å². The molecule has 1 amide bonds. The van der Waals surface area contributed by atoms with E-state index in [0.717, 1.165) is 6.42 Å². The molecule has 2 rings (SSSR count). The molecule has 2 heterocycles. The summed E-state index contributed by atoms with van der Waals surface area (Å²) in [6.07, 6.45) is 1.37. The van der Waals surface area contributed by atoms with Crippen LogP contribution in [-0.2, 0) is 9.59 Å². The number of hydrogen-bond donors (Lipinski definition) is 1. The van der Waals surface area contributed by atoms with Crippen LogP contribution >= 0.6 is 11.8 Å². The molecular formula is C17H22N2O5S. The molecule has 25 heavy (non-hydrogen) atoms. The number of nitrogens with one attached hydrogen (secondary N) is 1. The number of rotatable bonds is 7. The second-order valence-corrected chi connectivity index (χ2v) is 7.03. The molecule has 7 nitrogen and oxygen atoms in total. The van der Waals surface area contributed by atoms with Crippen molar-refractivity contribution in [3.63, 3.8) is 0 Å². The first-order valence-electron chi connectivity index (χ1n) is 8.02. The molecule has 0 bridgehead atoms. The number of carbonyl (C=O) groups excluding carboxylic acids is 2. The number of ketones is 1. The van der Waals surface area contributed by atoms with Gasteiger partial charge in [0.25, 0.3) is 0 Å². The molecule has 0 radical (unpaired) electrons. The van der Waals surface area contributed by atoms with E-state index >= 15 is 0 Å². The number of Topliss-reactive ketones (excluding diaryl/α,β-unsaturated/α-hetero) is 1. The van der Waals surface area contributed by atoms with Gasteiger partial charge in [0.2, 0.25) is 5.91 Å². The third kappa shape index (κ3) is 4.50. The maximum Gasteiger partial charge on any atom is 0.339 e. The lowest BCUT2D eigenvalue weighted by Gasteiger charge is -2.24. The second-order valence-electron chi connectivity index (χ2n) is 6.07. The fourth-order valence-electron chi connectivity index (χ4n) is 2.44. The van der Waals surface area contributed by atoms with Gasteiger partial charge in [0, 0.05) is 18.7 Å². The summed E-state index contributed by atoms with van der Waals surface area (Å²) in [5.41, 5.74) is -1.55. The quantitative estimate of drug-likeness (QED) is 0.793. The van der Waals surface area contributed by atoms with Crippen molar-refractivity contribution in [1.29, 1.82) is 0 Å². The minimum atomic E-state index is -1.02. The molecule has 0 spiro atoms. The van der Waals surface area contributed by atoms with Crippen LogP contribution in [0.5, 0.6) is 5.75 Å². The summed E-state index contributed by atoms with van der Waals surface area (Å²) < 4.78 is 10.3. The van der Waals surface area contributed by atoms with E-state index in [1.807, 2.05) is 6.92 Å². The molecule has 1 aliphatic heterocycles. The maximum absolute atomic E-state index is 12.7. The molecule has 1 N–H and O–H groups in total. The molecule has 1 aromatic rings. The topological polar surface area (TPSA) is 98.0 Å². The molecule has 0 saturated carbocycles. The summed E-state index contributed by atoms with van der Waals surface area (Å²) in [5.74, 6) is 0.658. The molecule has 136 valence electrons. The van der Waals surface area contributed by atoms with Gasteiger partial charge < -0.3 is 14.5 Å². The summed E-state index contributed by atoms with van der Waals surface area (Å²) >= 11 is 1.28. The minimum Gasteiger partial charge on any atom is -0.496 e. The van der Waals surface area contributed by atoms with Crippen molar-refractivity contribution in [2.24, 2.45) is 4.99 Å². The standard InChI is InChI=1S/C17H22N2O5S/c1-5-6-12(13-7-11(23-4)8-14(21)24-13)18-16(22)17(3)9-25-15(19-17)10(2)20/h7-8,12H,5-6,9H2,1-4H3,(H,18,22)/t12-,17-/m0/s1. The summed E-state index contributed by atoms with van der Waals surface area (Å²) in [6, 6.07) is 2.36. The monoisotopic (exact) mass is 366 g/mol. The Morgan fingerprint density at radius 2 is 2.20 bits per heavy atom. The van der Waals surface area contributed by atoms with E-state index in [4.69, 9.17) is 9.15 Å². The maximum atomic E-state index is 12.7. The van der Waals surface area contributed by atoms with Crippen molar-refractivity contribution in [3.05, 3.63) is 28.3 Å². The lowest BCUT2D eigenvalue weighted by molar-refractivity contribution is -0.125. The van der Waals surface area contributed by atoms with Gasteiger partial charge in [-0.1, -0.05) is 13.3 Å². The number of ether oxygens (including phenoxy) is 1. The van der Waals surface area contributed by atoms with Gasteiger partial charge >= 0.3 is 5.63 Å². The van der Waals surface area contributed by atoms with Crippen LogP contribution in [0.25, 0.3) is 0 Å². The van der Waals surface area contributed by atoms with Crippen molar-refractivity contribution in [2.75, 3.05) is 12.9 Å². The van der Waals surface area contributed by atoms with E-state index in [0.29, 0.717) is 28.7 Å². The van der Waals surface area contributed by atoms with Crippen LogP contribution in [0, 0.1) is 0 Å². The van der Waals surface area contributed by atoms with Gasteiger partial charge in [-0.2, -0.15) is 0 Å². The molecule has 0 aliphatic carbocycles. The van der Waals surface area contributed by atoms with E-state index in [2.05, 4.69) is 10.3 Å². The zero-order valence-electron chi connectivity index (χ0n) is 14.8. The minimum absolute atomic E-state index is 0.148. The molecular weight excluding hydrogens is 344 g/mol. The van der Waals surface area contributed by atoms with E-state index in [1.165, 1.54) is 31.9 Å². The lowest BCUT2D eigenvalue weighted by Crippen LogP contribution is -2.45. The van der Waals surface area contributed by atoms with E-state index in [1.54, 1.807) is 13.0 Å². The summed E-state index contributed by atoms with van der Waals surface area (Å²) in [5, 5.41) is 3.25. The molecule has 8 heteroatoms. The fraction of sp³-hybridized carbons (Fsp3) is 0.529. The Labute approximate surface area is 150 Å². The van der Waals surface area contributed by atoms with Crippen molar-refractivity contribution in [1.82, 2.24) is 5.32 Å². The number of amides is 1. The highest BCUT2D eigenvalue weighted by Gasteiger charge is 2.40. The van der Waals surface area contributed by atoms with Crippen LogP contribution in [0.2, 0.25) is 0 Å². The Morgan fingerprint density at radius 1 is 1.48 bits per heavy atom. The largest absolute Gasteiger partial charge is 0.496 e. The Hall–Kier alpha value is -2.09. The molecule has 0 aromatic carbocycles. The predicted octanol–water partition coefficient (Wildman–Crippen LogP) is 2.10. The van der Waals surface area contributed by atoms with E-state index < -0.39 is 17.2 Å². The molecule has 1 aliphatic rings. The van der Waals surface area contributed by atoms with Crippen LogP contribution in [0.4, 0.5) is 0 Å². The Bertz CT molecular complexity index is 758. The van der Waals surface area contributed by atoms with Gasteiger partial charge in [0.1, 0.15) is 22.1 Å². The highest BCUT2D eigenvalue weighted by atomic mass is 32.2. The van der Waals surface area contributed by atoms with E-state index in [9.17, 15) is 14.4 Å². The smallest absolute Gasteiger partial charge is 0.339 e. The van der Waals surface area contributed by atoms with Crippen molar-refractivity contribution >= 4 is 28.5 Å². The fourth-order valence-corrected chi connectivity index (χ4v) is 3.53. The number of carbonyl (C=O) groups is 2. The second kappa shape index (κ2) is 7.86. The van der Waals surface area contributed by atoms with Crippen molar-refractivity contribution in [2.45, 2.75) is 45.2 Å². The average molecular weight is 366 g/mol. The average Bonchev–Trinajstić information content (AvgIpc) is 2.98. The van der Waals surface area contributed by atoms with Crippen molar-refractivity contribution in [3.8, 4) is 5.75 Å². The van der Waals surface area contributed by atoms with Gasteiger partial charge in [0.05, 0.1) is 19.2 Å². The molecule has 0 fully saturated rings. The van der Waals surface area contributed by atoms with Crippen LogP contribution in [0.1, 0.15) is 45.4 Å². The first-order valence-corrected chi connectivity index (χ1v) is 9.01. The van der Waals surface area contributed by atoms with Crippen molar-refractivity contribution < 1.29 is 18.7 Å². The summed E-state index contributed by atoms with van der Waals surface area (Å²) in [6.45, 7) is 5.09. The Kier molecular flexibility index (Phi) is 6.05. The normalized spacial score (nSPS) is 20.7. The molecule has 0 saturated heterocycles. The number of methoxy groups -OCH3 is 1. The predicted molar refractivity (Wildman–Crippen MR) is 96.3 cm³/mol. The zero-order chi connectivity index (χ0) is 18.6. The van der Waals surface area contributed by atoms with Crippen LogP contribution in [-0.4, -0.2) is 35.1 Å². The molecule has 2 atom stereocenters. The molecule has 1 aromatic heterocycles. The Morgan fingerprint density at radius 3 is 2.76 bits per heavy atom. The zero-order valence-corrected chi connectivity index (χ0v) is 15.6. The third-order valence-electron chi connectivity index (χ3n) is 3.85. The van der Waals surface area contributed by atoms with Gasteiger partial charge in [-0.3, -0.25) is 14.6 Å². The Balaban J connectivity index is 2.25. The van der Waals surface area contributed by atoms with Gasteiger partial charge in [0.15, 0.2) is 5.78 Å². The van der Waals surface area contributed by atoms with Gasteiger partial charge in [-0.15, -0.1) is 11.8 Å². The lowest BCUT2D eigenvalue weighted by atomic mass is 10.0. The third-order valence-corrected chi connectivity index (χ3v) is 5.21. The summed E-state index contributed by atoms with van der Waals surface area (Å²) in [4.78, 5) is 40.2. The number of nitrogens with zero attached hydrogens (tertiary/aromatic N) is 1. The van der Waals surface area contributed by atoms with Gasteiger partial charge in [-0.25, -0.2) is 4.79 Å². The molecule has 0 unspecified atom stereocenters. The van der Waals surface area contributed by atoms with Crippen LogP contribution in [0.15, 0.2) is 26.3 Å².